The number of carbonyl (C=O) groups is 2. The molecule has 110 valence electrons. The fourth-order valence-electron chi connectivity index (χ4n) is 5.87. The van der Waals surface area contributed by atoms with Crippen LogP contribution in [0.4, 0.5) is 0 Å². The van der Waals surface area contributed by atoms with E-state index < -0.39 is 5.41 Å². The van der Waals surface area contributed by atoms with Crippen LogP contribution in [0, 0.1) is 28.1 Å². The minimum absolute atomic E-state index is 0.131. The number of ketones is 1. The van der Waals surface area contributed by atoms with Crippen LogP contribution < -0.4 is 0 Å². The molecule has 0 aromatic heterocycles. The number of carbonyl (C=O) groups excluding carboxylic acids is 2. The van der Waals surface area contributed by atoms with E-state index in [1.807, 2.05) is 6.92 Å². The van der Waals surface area contributed by atoms with Gasteiger partial charge in [0.15, 0.2) is 5.78 Å². The van der Waals surface area contributed by atoms with Crippen LogP contribution in [0.25, 0.3) is 0 Å². The molecule has 0 saturated heterocycles. The molecular weight excluding hydrogens is 252 g/mol. The first kappa shape index (κ1) is 13.8. The second-order valence-corrected chi connectivity index (χ2v) is 7.67. The lowest BCUT2D eigenvalue weighted by atomic mass is 9.61. The maximum absolute atomic E-state index is 12.7. The molecule has 1 spiro atoms. The van der Waals surface area contributed by atoms with E-state index in [1.54, 1.807) is 6.08 Å². The highest BCUT2D eigenvalue weighted by molar-refractivity contribution is 6.00. The van der Waals surface area contributed by atoms with Crippen LogP contribution in [0.15, 0.2) is 12.2 Å². The zero-order valence-corrected chi connectivity index (χ0v) is 13.0. The molecule has 20 heavy (non-hydrogen) atoms. The third-order valence-electron chi connectivity index (χ3n) is 6.58. The van der Waals surface area contributed by atoms with Crippen LogP contribution >= 0.6 is 0 Å². The highest BCUT2D eigenvalue weighted by atomic mass is 16.5. The van der Waals surface area contributed by atoms with Gasteiger partial charge in [-0.25, -0.2) is 0 Å². The molecule has 0 aromatic rings. The maximum atomic E-state index is 12.7. The molecule has 0 N–H and O–H groups in total. The first-order valence-electron chi connectivity index (χ1n) is 7.60. The summed E-state index contributed by atoms with van der Waals surface area (Å²) in [6, 6.07) is 0. The lowest BCUT2D eigenvalue weighted by molar-refractivity contribution is -0.163. The quantitative estimate of drug-likeness (QED) is 0.691. The Bertz CT molecular complexity index is 518. The van der Waals surface area contributed by atoms with Crippen molar-refractivity contribution >= 4 is 11.8 Å². The van der Waals surface area contributed by atoms with Crippen molar-refractivity contribution in [2.24, 2.45) is 28.1 Å². The Labute approximate surface area is 120 Å². The Hall–Kier alpha value is -1.12. The fraction of sp³-hybridized carbons (Fsp3) is 0.765. The first-order valence-corrected chi connectivity index (χ1v) is 7.60. The van der Waals surface area contributed by atoms with Crippen molar-refractivity contribution in [1.82, 2.24) is 0 Å². The smallest absolute Gasteiger partial charge is 0.302 e. The Morgan fingerprint density at radius 3 is 2.55 bits per heavy atom. The highest BCUT2D eigenvalue weighted by Gasteiger charge is 2.77. The van der Waals surface area contributed by atoms with E-state index in [1.165, 1.54) is 6.92 Å². The summed E-state index contributed by atoms with van der Waals surface area (Å²) < 4.78 is 5.69. The molecular formula is C17H24O3. The number of rotatable bonds is 1. The Morgan fingerprint density at radius 1 is 1.30 bits per heavy atom. The van der Waals surface area contributed by atoms with Crippen molar-refractivity contribution in [1.29, 1.82) is 0 Å². The Balaban J connectivity index is 2.20. The molecule has 0 bridgehead atoms. The molecule has 5 unspecified atom stereocenters. The van der Waals surface area contributed by atoms with E-state index in [0.717, 1.165) is 12.8 Å². The van der Waals surface area contributed by atoms with Gasteiger partial charge in [0.2, 0.25) is 0 Å². The average Bonchev–Trinajstić information content (AvgIpc) is 2.86. The van der Waals surface area contributed by atoms with Crippen LogP contribution in [0.3, 0.4) is 0 Å². The fourth-order valence-corrected chi connectivity index (χ4v) is 5.87. The maximum Gasteiger partial charge on any atom is 0.302 e. The minimum atomic E-state index is -0.594. The standard InChI is InChI=1S/C17H24O3/c1-10-6-7-12-15(3,4)14(20-11(2)18)16(5)13(19)8-9-17(10,12)16/h8-10,12,14H,6-7H2,1-5H3. The third kappa shape index (κ3) is 1.23. The molecule has 0 aliphatic heterocycles. The van der Waals surface area contributed by atoms with Crippen LogP contribution in [0.5, 0.6) is 0 Å². The molecule has 5 atom stereocenters. The summed E-state index contributed by atoms with van der Waals surface area (Å²) in [7, 11) is 0. The van der Waals surface area contributed by atoms with E-state index in [0.29, 0.717) is 11.8 Å². The average molecular weight is 276 g/mol. The molecule has 2 fully saturated rings. The lowest BCUT2D eigenvalue weighted by Gasteiger charge is -2.41. The van der Waals surface area contributed by atoms with Gasteiger partial charge in [0.05, 0.1) is 5.41 Å². The van der Waals surface area contributed by atoms with Crippen LogP contribution in [0.2, 0.25) is 0 Å². The summed E-state index contributed by atoms with van der Waals surface area (Å²) in [5.74, 6) is 0.710. The molecule has 0 heterocycles. The normalized spacial score (nSPS) is 48.2. The number of esters is 1. The summed E-state index contributed by atoms with van der Waals surface area (Å²) in [6.07, 6.45) is 5.80. The molecule has 0 amide bonds. The number of hydrogen-bond acceptors (Lipinski definition) is 3. The van der Waals surface area contributed by atoms with Gasteiger partial charge in [0, 0.05) is 17.8 Å². The monoisotopic (exact) mass is 276 g/mol. The zero-order valence-electron chi connectivity index (χ0n) is 13.0. The second-order valence-electron chi connectivity index (χ2n) is 7.67. The van der Waals surface area contributed by atoms with Gasteiger partial charge >= 0.3 is 5.97 Å². The summed E-state index contributed by atoms with van der Waals surface area (Å²) in [5, 5.41) is 0. The zero-order chi connectivity index (χ0) is 14.9. The number of allylic oxidation sites excluding steroid dienone is 2. The summed E-state index contributed by atoms with van der Waals surface area (Å²) in [4.78, 5) is 24.2. The summed E-state index contributed by atoms with van der Waals surface area (Å²) in [6.45, 7) is 10.0. The van der Waals surface area contributed by atoms with Gasteiger partial charge in [0.1, 0.15) is 6.10 Å². The van der Waals surface area contributed by atoms with Gasteiger partial charge in [-0.1, -0.05) is 26.8 Å². The van der Waals surface area contributed by atoms with Gasteiger partial charge < -0.3 is 4.74 Å². The van der Waals surface area contributed by atoms with Crippen LogP contribution in [-0.4, -0.2) is 17.9 Å². The predicted octanol–water partition coefficient (Wildman–Crippen LogP) is 3.14. The molecule has 3 rings (SSSR count). The number of ether oxygens (including phenoxy) is 1. The predicted molar refractivity (Wildman–Crippen MR) is 75.9 cm³/mol. The van der Waals surface area contributed by atoms with Crippen molar-refractivity contribution in [2.45, 2.75) is 53.6 Å². The Kier molecular flexibility index (Phi) is 2.59. The van der Waals surface area contributed by atoms with Crippen molar-refractivity contribution in [3.05, 3.63) is 12.2 Å². The van der Waals surface area contributed by atoms with E-state index >= 15 is 0 Å². The van der Waals surface area contributed by atoms with Gasteiger partial charge in [-0.2, -0.15) is 0 Å². The van der Waals surface area contributed by atoms with E-state index in [9.17, 15) is 9.59 Å². The first-order chi connectivity index (χ1) is 9.19. The minimum Gasteiger partial charge on any atom is -0.461 e. The van der Waals surface area contributed by atoms with Crippen molar-refractivity contribution < 1.29 is 14.3 Å². The van der Waals surface area contributed by atoms with Gasteiger partial charge in [-0.3, -0.25) is 9.59 Å². The SMILES string of the molecule is CC(=O)OC1C(C)(C)C2CCC(C)C23C=CC(=O)C13C. The van der Waals surface area contributed by atoms with Crippen LogP contribution in [-0.2, 0) is 14.3 Å². The molecule has 0 radical (unpaired) electrons. The molecule has 3 nitrogen and oxygen atoms in total. The second kappa shape index (κ2) is 3.75. The van der Waals surface area contributed by atoms with Crippen molar-refractivity contribution in [2.75, 3.05) is 0 Å². The summed E-state index contributed by atoms with van der Waals surface area (Å²) in [5.41, 5.74) is -0.887. The third-order valence-corrected chi connectivity index (χ3v) is 6.58. The highest BCUT2D eigenvalue weighted by Crippen LogP contribution is 2.75. The van der Waals surface area contributed by atoms with Gasteiger partial charge in [-0.15, -0.1) is 0 Å². The van der Waals surface area contributed by atoms with Gasteiger partial charge in [0.25, 0.3) is 0 Å². The van der Waals surface area contributed by atoms with Crippen molar-refractivity contribution in [3.63, 3.8) is 0 Å². The van der Waals surface area contributed by atoms with E-state index in [2.05, 4.69) is 26.8 Å². The molecule has 3 heteroatoms. The number of hydrogen-bond donors (Lipinski definition) is 0. The summed E-state index contributed by atoms with van der Waals surface area (Å²) >= 11 is 0. The molecule has 3 aliphatic carbocycles. The van der Waals surface area contributed by atoms with Crippen LogP contribution in [0.1, 0.15) is 47.5 Å². The molecule has 3 aliphatic rings. The topological polar surface area (TPSA) is 43.4 Å². The molecule has 0 aromatic carbocycles. The lowest BCUT2D eigenvalue weighted by Crippen LogP contribution is -2.48. The Morgan fingerprint density at radius 2 is 1.95 bits per heavy atom. The van der Waals surface area contributed by atoms with Crippen molar-refractivity contribution in [3.8, 4) is 0 Å². The molecule has 2 saturated carbocycles. The van der Waals surface area contributed by atoms with E-state index in [-0.39, 0.29) is 28.7 Å². The van der Waals surface area contributed by atoms with Gasteiger partial charge in [-0.05, 0) is 37.7 Å². The largest absolute Gasteiger partial charge is 0.461 e. The van der Waals surface area contributed by atoms with E-state index in [4.69, 9.17) is 4.74 Å².